The van der Waals surface area contributed by atoms with Gasteiger partial charge in [-0.15, -0.1) is 0 Å². The van der Waals surface area contributed by atoms with E-state index in [0.29, 0.717) is 5.03 Å². The number of ketones is 1. The number of aryl methyl sites for hydroxylation is 1. The maximum Gasteiger partial charge on any atom is 0.251 e. The van der Waals surface area contributed by atoms with Crippen molar-refractivity contribution in [2.45, 2.75) is 11.9 Å². The van der Waals surface area contributed by atoms with Crippen LogP contribution in [0.4, 0.5) is 0 Å². The van der Waals surface area contributed by atoms with Gasteiger partial charge in [-0.2, -0.15) is 4.73 Å². The standard InChI is InChI=1S/C14H13NO2S/c1-11-6-2-3-7-12(11)13(16)10-18-14-8-4-5-9-15(14)17/h2-9H,10H2,1H3. The fourth-order valence-corrected chi connectivity index (χ4v) is 2.42. The van der Waals surface area contributed by atoms with Gasteiger partial charge in [0, 0.05) is 17.7 Å². The first kappa shape index (κ1) is 12.6. The molecular weight excluding hydrogens is 246 g/mol. The monoisotopic (exact) mass is 259 g/mol. The van der Waals surface area contributed by atoms with E-state index in [1.807, 2.05) is 31.2 Å². The van der Waals surface area contributed by atoms with E-state index in [4.69, 9.17) is 0 Å². The quantitative estimate of drug-likeness (QED) is 0.367. The minimum atomic E-state index is 0.0435. The van der Waals surface area contributed by atoms with Gasteiger partial charge in [0.15, 0.2) is 12.0 Å². The van der Waals surface area contributed by atoms with Crippen molar-refractivity contribution in [3.05, 3.63) is 65.0 Å². The lowest BCUT2D eigenvalue weighted by atomic mass is 10.1. The number of carbonyl (C=O) groups is 1. The van der Waals surface area contributed by atoms with E-state index in [0.717, 1.165) is 15.9 Å². The lowest BCUT2D eigenvalue weighted by Crippen LogP contribution is -2.28. The molecule has 1 heterocycles. The summed E-state index contributed by atoms with van der Waals surface area (Å²) in [6.45, 7) is 1.91. The van der Waals surface area contributed by atoms with Gasteiger partial charge in [-0.25, -0.2) is 0 Å². The Morgan fingerprint density at radius 1 is 1.22 bits per heavy atom. The summed E-state index contributed by atoms with van der Waals surface area (Å²) in [7, 11) is 0. The predicted molar refractivity (Wildman–Crippen MR) is 71.6 cm³/mol. The Bertz CT molecular complexity index is 569. The smallest absolute Gasteiger partial charge is 0.251 e. The molecule has 0 saturated heterocycles. The van der Waals surface area contributed by atoms with Crippen LogP contribution in [-0.2, 0) is 0 Å². The van der Waals surface area contributed by atoms with Crippen molar-refractivity contribution in [1.29, 1.82) is 0 Å². The Morgan fingerprint density at radius 3 is 2.67 bits per heavy atom. The molecule has 0 aliphatic carbocycles. The average Bonchev–Trinajstić information content (AvgIpc) is 2.38. The van der Waals surface area contributed by atoms with E-state index in [2.05, 4.69) is 0 Å². The Hall–Kier alpha value is -1.81. The number of aromatic nitrogens is 1. The summed E-state index contributed by atoms with van der Waals surface area (Å²) >= 11 is 1.26. The van der Waals surface area contributed by atoms with Crippen molar-refractivity contribution in [2.75, 3.05) is 5.75 Å². The largest absolute Gasteiger partial charge is 0.618 e. The van der Waals surface area contributed by atoms with Crippen LogP contribution in [0.5, 0.6) is 0 Å². The van der Waals surface area contributed by atoms with E-state index in [9.17, 15) is 10.0 Å². The number of benzene rings is 1. The Kier molecular flexibility index (Phi) is 3.99. The molecule has 0 atom stereocenters. The molecule has 0 spiro atoms. The maximum atomic E-state index is 12.0. The SMILES string of the molecule is Cc1ccccc1C(=O)CSc1cccc[n+]1[O-]. The molecule has 4 heteroatoms. The third kappa shape index (κ3) is 2.90. The third-order valence-corrected chi connectivity index (χ3v) is 3.60. The highest BCUT2D eigenvalue weighted by atomic mass is 32.2. The molecule has 18 heavy (non-hydrogen) atoms. The number of pyridine rings is 1. The fraction of sp³-hybridized carbons (Fsp3) is 0.143. The van der Waals surface area contributed by atoms with Crippen LogP contribution in [0.1, 0.15) is 15.9 Å². The van der Waals surface area contributed by atoms with E-state index in [-0.39, 0.29) is 11.5 Å². The summed E-state index contributed by atoms with van der Waals surface area (Å²) in [4.78, 5) is 12.0. The van der Waals surface area contributed by atoms with Crippen LogP contribution < -0.4 is 4.73 Å². The minimum absolute atomic E-state index is 0.0435. The highest BCUT2D eigenvalue weighted by molar-refractivity contribution is 7.99. The summed E-state index contributed by atoms with van der Waals surface area (Å²) in [5, 5.41) is 12.0. The van der Waals surface area contributed by atoms with Gasteiger partial charge >= 0.3 is 0 Å². The zero-order valence-corrected chi connectivity index (χ0v) is 10.8. The molecular formula is C14H13NO2S. The third-order valence-electron chi connectivity index (χ3n) is 2.59. The molecule has 3 nitrogen and oxygen atoms in total. The number of hydrogen-bond acceptors (Lipinski definition) is 3. The maximum absolute atomic E-state index is 12.0. The molecule has 0 fully saturated rings. The van der Waals surface area contributed by atoms with Crippen molar-refractivity contribution in [3.63, 3.8) is 0 Å². The first-order valence-electron chi connectivity index (χ1n) is 5.58. The predicted octanol–water partition coefficient (Wildman–Crippen LogP) is 2.60. The first-order chi connectivity index (χ1) is 8.68. The average molecular weight is 259 g/mol. The second-order valence-corrected chi connectivity index (χ2v) is 4.89. The highest BCUT2D eigenvalue weighted by Gasteiger charge is 2.12. The molecule has 2 rings (SSSR count). The fourth-order valence-electron chi connectivity index (χ4n) is 1.63. The summed E-state index contributed by atoms with van der Waals surface area (Å²) in [5.74, 6) is 0.318. The molecule has 2 aromatic rings. The van der Waals surface area contributed by atoms with Crippen LogP contribution in [0.15, 0.2) is 53.7 Å². The zero-order chi connectivity index (χ0) is 13.0. The molecule has 0 aliphatic rings. The minimum Gasteiger partial charge on any atom is -0.618 e. The van der Waals surface area contributed by atoms with E-state index in [1.54, 1.807) is 18.2 Å². The molecule has 0 radical (unpaired) electrons. The van der Waals surface area contributed by atoms with Crippen LogP contribution in [-0.4, -0.2) is 11.5 Å². The molecule has 0 aliphatic heterocycles. The summed E-state index contributed by atoms with van der Waals surface area (Å²) < 4.78 is 0.774. The lowest BCUT2D eigenvalue weighted by molar-refractivity contribution is -0.645. The molecule has 0 amide bonds. The van der Waals surface area contributed by atoms with Gasteiger partial charge in [0.1, 0.15) is 0 Å². The number of hydrogen-bond donors (Lipinski definition) is 0. The van der Waals surface area contributed by atoms with Crippen LogP contribution in [0.2, 0.25) is 0 Å². The van der Waals surface area contributed by atoms with Crippen molar-refractivity contribution in [3.8, 4) is 0 Å². The molecule has 0 saturated carbocycles. The van der Waals surface area contributed by atoms with Crippen LogP contribution >= 0.6 is 11.8 Å². The molecule has 1 aromatic carbocycles. The van der Waals surface area contributed by atoms with E-state index >= 15 is 0 Å². The van der Waals surface area contributed by atoms with Crippen LogP contribution in [0.3, 0.4) is 0 Å². The molecule has 92 valence electrons. The zero-order valence-electron chi connectivity index (χ0n) is 10.00. The number of thioether (sulfide) groups is 1. The topological polar surface area (TPSA) is 44.0 Å². The van der Waals surface area contributed by atoms with E-state index < -0.39 is 0 Å². The van der Waals surface area contributed by atoms with Crippen molar-refractivity contribution in [1.82, 2.24) is 0 Å². The lowest BCUT2D eigenvalue weighted by Gasteiger charge is -2.05. The second kappa shape index (κ2) is 5.69. The number of nitrogens with zero attached hydrogens (tertiary/aromatic N) is 1. The van der Waals surface area contributed by atoms with Gasteiger partial charge < -0.3 is 5.21 Å². The van der Waals surface area contributed by atoms with Crippen LogP contribution in [0, 0.1) is 12.1 Å². The van der Waals surface area contributed by atoms with Crippen molar-refractivity contribution >= 4 is 17.5 Å². The van der Waals surface area contributed by atoms with Gasteiger partial charge in [-0.3, -0.25) is 4.79 Å². The van der Waals surface area contributed by atoms with Gasteiger partial charge in [0.05, 0.1) is 5.75 Å². The van der Waals surface area contributed by atoms with Gasteiger partial charge in [-0.1, -0.05) is 24.3 Å². The van der Waals surface area contributed by atoms with E-state index in [1.165, 1.54) is 18.0 Å². The summed E-state index contributed by atoms with van der Waals surface area (Å²) in [6, 6.07) is 12.6. The Balaban J connectivity index is 2.06. The summed E-state index contributed by atoms with van der Waals surface area (Å²) in [5.41, 5.74) is 1.68. The normalized spacial score (nSPS) is 10.3. The second-order valence-electron chi connectivity index (χ2n) is 3.89. The van der Waals surface area contributed by atoms with Gasteiger partial charge in [0.2, 0.25) is 0 Å². The van der Waals surface area contributed by atoms with Crippen molar-refractivity contribution < 1.29 is 9.52 Å². The highest BCUT2D eigenvalue weighted by Crippen LogP contribution is 2.16. The molecule has 0 N–H and O–H groups in total. The molecule has 1 aromatic heterocycles. The number of carbonyl (C=O) groups excluding carboxylic acids is 1. The number of rotatable bonds is 4. The Labute approximate surface area is 110 Å². The molecule has 0 unspecified atom stereocenters. The van der Waals surface area contributed by atoms with Crippen molar-refractivity contribution in [2.24, 2.45) is 0 Å². The number of Topliss-reactive ketones (excluding diaryl/α,β-unsaturated/α-hetero) is 1. The van der Waals surface area contributed by atoms with Crippen LogP contribution in [0.25, 0.3) is 0 Å². The summed E-state index contributed by atoms with van der Waals surface area (Å²) in [6.07, 6.45) is 1.43. The molecule has 0 bridgehead atoms. The first-order valence-corrected chi connectivity index (χ1v) is 6.57. The Morgan fingerprint density at radius 2 is 1.94 bits per heavy atom. The van der Waals surface area contributed by atoms with Gasteiger partial charge in [0.25, 0.3) is 5.03 Å². The van der Waals surface area contributed by atoms with Gasteiger partial charge in [-0.05, 0) is 30.3 Å².